The Kier molecular flexibility index (Phi) is 7.10. The van der Waals surface area contributed by atoms with E-state index in [1.807, 2.05) is 0 Å². The Hall–Kier alpha value is -4.93. The van der Waals surface area contributed by atoms with Crippen LogP contribution in [0.15, 0.2) is 71.5 Å². The van der Waals surface area contributed by atoms with Gasteiger partial charge in [-0.05, 0) is 48.9 Å². The zero-order valence-corrected chi connectivity index (χ0v) is 19.6. The summed E-state index contributed by atoms with van der Waals surface area (Å²) in [7, 11) is 1.61. The van der Waals surface area contributed by atoms with E-state index in [2.05, 4.69) is 15.7 Å². The van der Waals surface area contributed by atoms with Crippen LogP contribution in [0.3, 0.4) is 0 Å². The zero-order chi connectivity index (χ0) is 25.7. The molecule has 11 nitrogen and oxygen atoms in total. The van der Waals surface area contributed by atoms with E-state index < -0.39 is 16.7 Å². The first-order valence-electron chi connectivity index (χ1n) is 10.9. The van der Waals surface area contributed by atoms with Crippen molar-refractivity contribution in [3.8, 4) is 5.75 Å². The Labute approximate surface area is 205 Å². The molecule has 2 N–H and O–H groups in total. The summed E-state index contributed by atoms with van der Waals surface area (Å²) in [5.41, 5.74) is 2.06. The monoisotopic (exact) mass is 489 g/mol. The van der Waals surface area contributed by atoms with E-state index in [4.69, 9.17) is 9.15 Å². The average Bonchev–Trinajstić information content (AvgIpc) is 3.51. The fourth-order valence-electron chi connectivity index (χ4n) is 3.55. The molecule has 2 amide bonds. The van der Waals surface area contributed by atoms with E-state index in [1.54, 1.807) is 56.4 Å². The van der Waals surface area contributed by atoms with Gasteiger partial charge in [-0.15, -0.1) is 0 Å². The number of rotatable bonds is 9. The van der Waals surface area contributed by atoms with Crippen molar-refractivity contribution in [3.05, 3.63) is 105 Å². The molecule has 0 unspecified atom stereocenters. The molecule has 36 heavy (non-hydrogen) atoms. The van der Waals surface area contributed by atoms with Gasteiger partial charge in [-0.25, -0.2) is 0 Å². The van der Waals surface area contributed by atoms with Gasteiger partial charge in [0.05, 0.1) is 29.6 Å². The number of ether oxygens (including phenoxy) is 1. The Bertz CT molecular complexity index is 1410. The molecule has 184 valence electrons. The van der Waals surface area contributed by atoms with Gasteiger partial charge >= 0.3 is 0 Å². The second-order valence-corrected chi connectivity index (χ2v) is 7.94. The number of furan rings is 1. The van der Waals surface area contributed by atoms with E-state index in [0.29, 0.717) is 22.6 Å². The van der Waals surface area contributed by atoms with Crippen molar-refractivity contribution in [2.24, 2.45) is 7.05 Å². The molecular weight excluding hydrogens is 466 g/mol. The Balaban J connectivity index is 1.41. The van der Waals surface area contributed by atoms with Crippen LogP contribution in [-0.4, -0.2) is 26.5 Å². The summed E-state index contributed by atoms with van der Waals surface area (Å²) >= 11 is 0. The molecule has 0 spiro atoms. The summed E-state index contributed by atoms with van der Waals surface area (Å²) in [4.78, 5) is 36.1. The van der Waals surface area contributed by atoms with Crippen molar-refractivity contribution in [2.45, 2.75) is 20.1 Å². The van der Waals surface area contributed by atoms with Gasteiger partial charge in [-0.3, -0.25) is 24.4 Å². The second kappa shape index (κ2) is 10.6. The lowest BCUT2D eigenvalue weighted by atomic mass is 10.1. The van der Waals surface area contributed by atoms with Crippen molar-refractivity contribution in [1.29, 1.82) is 0 Å². The van der Waals surface area contributed by atoms with Gasteiger partial charge < -0.3 is 19.8 Å². The van der Waals surface area contributed by atoms with Gasteiger partial charge in [0, 0.05) is 24.2 Å². The molecule has 0 atom stereocenters. The number of hydrogen-bond donors (Lipinski definition) is 2. The summed E-state index contributed by atoms with van der Waals surface area (Å²) < 4.78 is 12.3. The molecule has 11 heteroatoms. The topological polar surface area (TPSA) is 142 Å². The maximum Gasteiger partial charge on any atom is 0.272 e. The maximum atomic E-state index is 12.9. The van der Waals surface area contributed by atoms with E-state index in [0.717, 1.165) is 5.56 Å². The fourth-order valence-corrected chi connectivity index (χ4v) is 3.55. The van der Waals surface area contributed by atoms with Crippen LogP contribution in [0.5, 0.6) is 5.75 Å². The lowest BCUT2D eigenvalue weighted by Gasteiger charge is -2.10. The largest absolute Gasteiger partial charge is 0.489 e. The van der Waals surface area contributed by atoms with E-state index in [-0.39, 0.29) is 30.2 Å². The number of nitro groups is 1. The van der Waals surface area contributed by atoms with Gasteiger partial charge in [-0.2, -0.15) is 5.10 Å². The summed E-state index contributed by atoms with van der Waals surface area (Å²) in [5.74, 6) is 0.242. The van der Waals surface area contributed by atoms with Crippen molar-refractivity contribution < 1.29 is 23.7 Å². The number of hydrogen-bond acceptors (Lipinski definition) is 7. The number of nitro benzene ring substituents is 1. The smallest absolute Gasteiger partial charge is 0.272 e. The minimum absolute atomic E-state index is 0.0189. The maximum absolute atomic E-state index is 12.9. The number of carbonyl (C=O) groups is 2. The van der Waals surface area contributed by atoms with Crippen LogP contribution in [0.25, 0.3) is 0 Å². The molecule has 2 heterocycles. The van der Waals surface area contributed by atoms with Crippen LogP contribution in [0.1, 0.15) is 37.7 Å². The number of aryl methyl sites for hydroxylation is 2. The molecule has 0 aliphatic heterocycles. The number of anilines is 1. The van der Waals surface area contributed by atoms with Crippen LogP contribution >= 0.6 is 0 Å². The predicted molar refractivity (Wildman–Crippen MR) is 130 cm³/mol. The molecule has 0 aliphatic rings. The Morgan fingerprint density at radius 2 is 1.97 bits per heavy atom. The quantitative estimate of drug-likeness (QED) is 0.267. The summed E-state index contributed by atoms with van der Waals surface area (Å²) in [5, 5.41) is 20.5. The second-order valence-electron chi connectivity index (χ2n) is 7.94. The van der Waals surface area contributed by atoms with Crippen molar-refractivity contribution in [2.75, 3.05) is 5.32 Å². The van der Waals surface area contributed by atoms with Crippen LogP contribution in [0.4, 0.5) is 11.4 Å². The minimum Gasteiger partial charge on any atom is -0.489 e. The molecular formula is C25H23N5O6. The molecule has 2 aromatic carbocycles. The molecule has 0 aliphatic carbocycles. The third-order valence-corrected chi connectivity index (χ3v) is 5.36. The Morgan fingerprint density at radius 3 is 2.69 bits per heavy atom. The van der Waals surface area contributed by atoms with Crippen LogP contribution in [0, 0.1) is 17.0 Å². The molecule has 2 aromatic heterocycles. The van der Waals surface area contributed by atoms with Gasteiger partial charge in [0.1, 0.15) is 23.8 Å². The average molecular weight is 489 g/mol. The van der Waals surface area contributed by atoms with Crippen LogP contribution in [0.2, 0.25) is 0 Å². The summed E-state index contributed by atoms with van der Waals surface area (Å²) in [6.07, 6.45) is 2.92. The molecule has 4 rings (SSSR count). The Morgan fingerprint density at radius 1 is 1.14 bits per heavy atom. The molecule has 0 fully saturated rings. The summed E-state index contributed by atoms with van der Waals surface area (Å²) in [6, 6.07) is 14.8. The van der Waals surface area contributed by atoms with Crippen LogP contribution in [-0.2, 0) is 20.2 Å². The third kappa shape index (κ3) is 5.58. The molecule has 4 aromatic rings. The summed E-state index contributed by atoms with van der Waals surface area (Å²) in [6.45, 7) is 1.99. The number of nitrogens with zero attached hydrogens (tertiary/aromatic N) is 3. The molecule has 0 bridgehead atoms. The highest BCUT2D eigenvalue weighted by Gasteiger charge is 2.20. The molecule has 0 saturated heterocycles. The number of amides is 2. The van der Waals surface area contributed by atoms with E-state index in [1.165, 1.54) is 29.3 Å². The minimum atomic E-state index is -0.447. The van der Waals surface area contributed by atoms with Gasteiger partial charge in [-0.1, -0.05) is 12.1 Å². The SMILES string of the molecule is Cc1cc(OCc2cccc(C(=O)Nc3cnn(C)c3C(=O)NCc3ccco3)c2)ccc1[N+](=O)[O-]. The highest BCUT2D eigenvalue weighted by molar-refractivity contribution is 6.08. The van der Waals surface area contributed by atoms with E-state index >= 15 is 0 Å². The third-order valence-electron chi connectivity index (χ3n) is 5.36. The number of carbonyl (C=O) groups excluding carboxylic acids is 2. The molecule has 0 saturated carbocycles. The number of aromatic nitrogens is 2. The van der Waals surface area contributed by atoms with Gasteiger partial charge in [0.15, 0.2) is 0 Å². The standard InChI is InChI=1S/C25H23N5O6/c1-16-11-19(8-9-22(16)30(33)34)36-15-17-5-3-6-18(12-17)24(31)28-21-14-27-29(2)23(21)25(32)26-13-20-7-4-10-35-20/h3-12,14H,13,15H2,1-2H3,(H,26,32)(H,28,31). The van der Waals surface area contributed by atoms with Gasteiger partial charge in [0.25, 0.3) is 17.5 Å². The fraction of sp³-hybridized carbons (Fsp3) is 0.160. The van der Waals surface area contributed by atoms with Gasteiger partial charge in [0.2, 0.25) is 0 Å². The normalized spacial score (nSPS) is 10.6. The lowest BCUT2D eigenvalue weighted by Crippen LogP contribution is -2.26. The first-order chi connectivity index (χ1) is 17.3. The zero-order valence-electron chi connectivity index (χ0n) is 19.6. The predicted octanol–water partition coefficient (Wildman–Crippen LogP) is 3.99. The highest BCUT2D eigenvalue weighted by atomic mass is 16.6. The number of benzene rings is 2. The highest BCUT2D eigenvalue weighted by Crippen LogP contribution is 2.24. The van der Waals surface area contributed by atoms with Crippen LogP contribution < -0.4 is 15.4 Å². The first kappa shape index (κ1) is 24.2. The first-order valence-corrected chi connectivity index (χ1v) is 10.9. The van der Waals surface area contributed by atoms with Crippen molar-refractivity contribution in [3.63, 3.8) is 0 Å². The van der Waals surface area contributed by atoms with E-state index in [9.17, 15) is 19.7 Å². The number of nitrogens with one attached hydrogen (secondary N) is 2. The lowest BCUT2D eigenvalue weighted by molar-refractivity contribution is -0.385. The molecule has 0 radical (unpaired) electrons. The van der Waals surface area contributed by atoms with Crippen molar-refractivity contribution in [1.82, 2.24) is 15.1 Å². The van der Waals surface area contributed by atoms with Crippen molar-refractivity contribution >= 4 is 23.2 Å².